The zero-order chi connectivity index (χ0) is 17.6. The third-order valence-corrected chi connectivity index (χ3v) is 3.80. The van der Waals surface area contributed by atoms with Gasteiger partial charge < -0.3 is 15.4 Å². The van der Waals surface area contributed by atoms with E-state index in [4.69, 9.17) is 4.74 Å². The van der Waals surface area contributed by atoms with Crippen LogP contribution in [0.25, 0.3) is 10.8 Å². The van der Waals surface area contributed by atoms with Crippen molar-refractivity contribution in [3.05, 3.63) is 66.5 Å². The normalized spacial score (nSPS) is 11.8. The van der Waals surface area contributed by atoms with Crippen molar-refractivity contribution < 1.29 is 9.53 Å². The summed E-state index contributed by atoms with van der Waals surface area (Å²) in [6.45, 7) is 4.32. The van der Waals surface area contributed by atoms with E-state index in [-0.39, 0.29) is 12.1 Å². The highest BCUT2D eigenvalue weighted by atomic mass is 16.5. The Morgan fingerprint density at radius 2 is 2.04 bits per heavy atom. The van der Waals surface area contributed by atoms with E-state index >= 15 is 0 Å². The first-order valence-electron chi connectivity index (χ1n) is 8.21. The Morgan fingerprint density at radius 3 is 2.88 bits per heavy atom. The number of urea groups is 1. The number of rotatable bonds is 5. The van der Waals surface area contributed by atoms with Crippen molar-refractivity contribution >= 4 is 22.5 Å². The second-order valence-corrected chi connectivity index (χ2v) is 6.03. The van der Waals surface area contributed by atoms with Gasteiger partial charge in [-0.25, -0.2) is 4.79 Å². The van der Waals surface area contributed by atoms with Crippen LogP contribution in [-0.2, 0) is 0 Å². The van der Waals surface area contributed by atoms with Gasteiger partial charge in [0.05, 0.1) is 11.7 Å². The summed E-state index contributed by atoms with van der Waals surface area (Å²) in [5, 5.41) is 7.71. The number of nitrogens with one attached hydrogen (secondary N) is 2. The molecule has 5 heteroatoms. The van der Waals surface area contributed by atoms with E-state index in [0.717, 1.165) is 27.8 Å². The molecule has 0 aliphatic heterocycles. The van der Waals surface area contributed by atoms with E-state index in [9.17, 15) is 4.79 Å². The molecule has 0 aliphatic rings. The summed E-state index contributed by atoms with van der Waals surface area (Å²) >= 11 is 0. The summed E-state index contributed by atoms with van der Waals surface area (Å²) in [4.78, 5) is 16.3. The molecule has 0 fully saturated rings. The lowest BCUT2D eigenvalue weighted by Gasteiger charge is -2.16. The quantitative estimate of drug-likeness (QED) is 0.737. The van der Waals surface area contributed by atoms with Gasteiger partial charge in [-0.15, -0.1) is 0 Å². The summed E-state index contributed by atoms with van der Waals surface area (Å²) in [7, 11) is 0. The molecule has 2 N–H and O–H groups in total. The van der Waals surface area contributed by atoms with Gasteiger partial charge in [0.1, 0.15) is 12.4 Å². The monoisotopic (exact) mass is 335 g/mol. The Balaban J connectivity index is 1.56. The lowest BCUT2D eigenvalue weighted by Crippen LogP contribution is -2.39. The van der Waals surface area contributed by atoms with Gasteiger partial charge in [-0.05, 0) is 43.7 Å². The second kappa shape index (κ2) is 7.66. The van der Waals surface area contributed by atoms with E-state index in [1.165, 1.54) is 0 Å². The molecule has 0 bridgehead atoms. The molecule has 1 heterocycles. The summed E-state index contributed by atoms with van der Waals surface area (Å²) in [5.74, 6) is 0.801. The molecule has 2 amide bonds. The number of aryl methyl sites for hydroxylation is 1. The predicted octanol–water partition coefficient (Wildman–Crippen LogP) is 4.13. The molecule has 1 aromatic heterocycles. The molecule has 3 rings (SSSR count). The number of fused-ring (bicyclic) bond motifs is 1. The van der Waals surface area contributed by atoms with E-state index in [0.29, 0.717) is 6.61 Å². The molecular formula is C20H21N3O2. The molecule has 5 nitrogen and oxygen atoms in total. The van der Waals surface area contributed by atoms with Crippen LogP contribution in [-0.4, -0.2) is 23.7 Å². The van der Waals surface area contributed by atoms with E-state index < -0.39 is 0 Å². The molecule has 2 aromatic carbocycles. The number of anilines is 1. The minimum Gasteiger partial charge on any atom is -0.491 e. The van der Waals surface area contributed by atoms with Gasteiger partial charge >= 0.3 is 6.03 Å². The average molecular weight is 335 g/mol. The molecule has 0 aliphatic carbocycles. The van der Waals surface area contributed by atoms with Gasteiger partial charge in [-0.2, -0.15) is 0 Å². The maximum Gasteiger partial charge on any atom is 0.319 e. The molecule has 25 heavy (non-hydrogen) atoms. The lowest BCUT2D eigenvalue weighted by atomic mass is 10.1. The second-order valence-electron chi connectivity index (χ2n) is 6.03. The number of aromatic nitrogens is 1. The molecular weight excluding hydrogens is 314 g/mol. The first-order chi connectivity index (χ1) is 12.1. The van der Waals surface area contributed by atoms with Crippen LogP contribution >= 0.6 is 0 Å². The van der Waals surface area contributed by atoms with Gasteiger partial charge in [0.2, 0.25) is 0 Å². The maximum atomic E-state index is 12.2. The van der Waals surface area contributed by atoms with E-state index in [1.54, 1.807) is 12.4 Å². The number of carbonyl (C=O) groups excluding carboxylic acids is 1. The van der Waals surface area contributed by atoms with E-state index in [1.807, 2.05) is 62.4 Å². The van der Waals surface area contributed by atoms with E-state index in [2.05, 4.69) is 15.6 Å². The van der Waals surface area contributed by atoms with Crippen molar-refractivity contribution in [3.63, 3.8) is 0 Å². The smallest absolute Gasteiger partial charge is 0.319 e. The zero-order valence-electron chi connectivity index (χ0n) is 14.3. The first-order valence-corrected chi connectivity index (χ1v) is 8.21. The van der Waals surface area contributed by atoms with Crippen LogP contribution in [0.3, 0.4) is 0 Å². The molecule has 0 spiro atoms. The molecule has 128 valence electrons. The lowest BCUT2D eigenvalue weighted by molar-refractivity contribution is 0.236. The van der Waals surface area contributed by atoms with Gasteiger partial charge in [0, 0.05) is 23.2 Å². The van der Waals surface area contributed by atoms with Crippen molar-refractivity contribution in [1.29, 1.82) is 0 Å². The van der Waals surface area contributed by atoms with Crippen molar-refractivity contribution in [2.24, 2.45) is 0 Å². The fraction of sp³-hybridized carbons (Fsp3) is 0.200. The van der Waals surface area contributed by atoms with Crippen molar-refractivity contribution in [2.45, 2.75) is 19.9 Å². The number of nitrogens with zero attached hydrogens (tertiary/aromatic N) is 1. The van der Waals surface area contributed by atoms with Crippen LogP contribution < -0.4 is 15.4 Å². The van der Waals surface area contributed by atoms with Gasteiger partial charge in [0.15, 0.2) is 0 Å². The van der Waals surface area contributed by atoms with Gasteiger partial charge in [0.25, 0.3) is 0 Å². The predicted molar refractivity (Wildman–Crippen MR) is 100 cm³/mol. The third-order valence-electron chi connectivity index (χ3n) is 3.80. The van der Waals surface area contributed by atoms with Crippen LogP contribution in [0, 0.1) is 6.92 Å². The number of carbonyl (C=O) groups is 1. The largest absolute Gasteiger partial charge is 0.491 e. The Bertz CT molecular complexity index is 874. The van der Waals surface area contributed by atoms with Crippen molar-refractivity contribution in [2.75, 3.05) is 11.9 Å². The summed E-state index contributed by atoms with van der Waals surface area (Å²) in [6, 6.07) is 15.1. The number of ether oxygens (including phenoxy) is 1. The van der Waals surface area contributed by atoms with Gasteiger partial charge in [-0.3, -0.25) is 4.98 Å². The molecule has 0 unspecified atom stereocenters. The van der Waals surface area contributed by atoms with Crippen LogP contribution in [0.4, 0.5) is 10.5 Å². The number of benzene rings is 2. The van der Waals surface area contributed by atoms with Crippen LogP contribution in [0.1, 0.15) is 12.5 Å². The number of amides is 2. The molecule has 3 aromatic rings. The minimum atomic E-state index is -0.260. The average Bonchev–Trinajstić information content (AvgIpc) is 2.60. The van der Waals surface area contributed by atoms with Crippen LogP contribution in [0.2, 0.25) is 0 Å². The SMILES string of the molecule is Cc1cccc(OC[C@H](C)NC(=O)Nc2cccc3cnccc23)c1. The molecule has 0 saturated heterocycles. The highest BCUT2D eigenvalue weighted by Crippen LogP contribution is 2.22. The Hall–Kier alpha value is -3.08. The van der Waals surface area contributed by atoms with Crippen LogP contribution in [0.5, 0.6) is 5.75 Å². The fourth-order valence-electron chi connectivity index (χ4n) is 2.58. The highest BCUT2D eigenvalue weighted by molar-refractivity contribution is 6.01. The van der Waals surface area contributed by atoms with Crippen molar-refractivity contribution in [1.82, 2.24) is 10.3 Å². The summed E-state index contributed by atoms with van der Waals surface area (Å²) in [5.41, 5.74) is 1.89. The minimum absolute atomic E-state index is 0.128. The molecule has 0 radical (unpaired) electrons. The fourth-order valence-corrected chi connectivity index (χ4v) is 2.58. The highest BCUT2D eigenvalue weighted by Gasteiger charge is 2.10. The first kappa shape index (κ1) is 16.8. The Labute approximate surface area is 147 Å². The topological polar surface area (TPSA) is 63.2 Å². The molecule has 0 saturated carbocycles. The van der Waals surface area contributed by atoms with Crippen LogP contribution in [0.15, 0.2) is 60.9 Å². The maximum absolute atomic E-state index is 12.2. The number of pyridine rings is 1. The Morgan fingerprint density at radius 1 is 1.20 bits per heavy atom. The summed E-state index contributed by atoms with van der Waals surface area (Å²) in [6.07, 6.45) is 3.49. The summed E-state index contributed by atoms with van der Waals surface area (Å²) < 4.78 is 5.72. The van der Waals surface area contributed by atoms with Gasteiger partial charge in [-0.1, -0.05) is 24.3 Å². The standard InChI is InChI=1S/C20H21N3O2/c1-14-5-3-7-17(11-14)25-13-15(2)22-20(24)23-19-8-4-6-16-12-21-10-9-18(16)19/h3-12,15H,13H2,1-2H3,(H2,22,23,24)/t15-/m0/s1. The number of hydrogen-bond donors (Lipinski definition) is 2. The third kappa shape index (κ3) is 4.47. The molecule has 1 atom stereocenters. The number of hydrogen-bond acceptors (Lipinski definition) is 3. The zero-order valence-corrected chi connectivity index (χ0v) is 14.3. The van der Waals surface area contributed by atoms with Crippen molar-refractivity contribution in [3.8, 4) is 5.75 Å². The Kier molecular flexibility index (Phi) is 5.14.